The summed E-state index contributed by atoms with van der Waals surface area (Å²) in [6, 6.07) is 7.67. The van der Waals surface area contributed by atoms with Gasteiger partial charge in [0.15, 0.2) is 0 Å². The van der Waals surface area contributed by atoms with Crippen LogP contribution in [0.4, 0.5) is 0 Å². The minimum atomic E-state index is 0.432. The van der Waals surface area contributed by atoms with Crippen LogP contribution in [0.2, 0.25) is 9.49 Å². The van der Waals surface area contributed by atoms with E-state index in [2.05, 4.69) is 9.97 Å². The van der Waals surface area contributed by atoms with Crippen molar-refractivity contribution in [3.05, 3.63) is 39.6 Å². The molecule has 0 atom stereocenters. The summed E-state index contributed by atoms with van der Waals surface area (Å²) in [7, 11) is 1.63. The largest absolute Gasteiger partial charge is 0.497 e. The molecule has 0 spiro atoms. The topological polar surface area (TPSA) is 35.0 Å². The highest BCUT2D eigenvalue weighted by Gasteiger charge is 2.17. The zero-order chi connectivity index (χ0) is 14.3. The van der Waals surface area contributed by atoms with Gasteiger partial charge in [-0.15, -0.1) is 11.3 Å². The second-order valence-electron chi connectivity index (χ2n) is 4.22. The van der Waals surface area contributed by atoms with Gasteiger partial charge in [-0.05, 0) is 24.6 Å². The van der Waals surface area contributed by atoms with Gasteiger partial charge >= 0.3 is 0 Å². The van der Waals surface area contributed by atoms with Gasteiger partial charge in [-0.1, -0.05) is 35.3 Å². The third-order valence-electron chi connectivity index (χ3n) is 2.95. The minimum Gasteiger partial charge on any atom is -0.497 e. The number of ether oxygens (including phenoxy) is 1. The summed E-state index contributed by atoms with van der Waals surface area (Å²) in [5.41, 5.74) is 1.84. The fourth-order valence-electron chi connectivity index (χ4n) is 2.05. The first-order valence-corrected chi connectivity index (χ1v) is 7.44. The number of fused-ring (bicyclic) bond motifs is 1. The van der Waals surface area contributed by atoms with Crippen molar-refractivity contribution in [2.24, 2.45) is 0 Å². The Bertz CT molecular complexity index is 784. The Morgan fingerprint density at radius 3 is 2.45 bits per heavy atom. The lowest BCUT2D eigenvalue weighted by molar-refractivity contribution is 0.415. The van der Waals surface area contributed by atoms with E-state index in [-0.39, 0.29) is 0 Å². The van der Waals surface area contributed by atoms with Gasteiger partial charge in [-0.25, -0.2) is 9.97 Å². The number of methoxy groups -OCH3 is 1. The normalized spacial score (nSPS) is 11.0. The number of aryl methyl sites for hydroxylation is 1. The van der Waals surface area contributed by atoms with Gasteiger partial charge in [0.05, 0.1) is 12.5 Å². The maximum atomic E-state index is 6.36. The fraction of sp³-hybridized carbons (Fsp3) is 0.143. The smallest absolute Gasteiger partial charge is 0.142 e. The molecule has 2 heterocycles. The molecule has 0 radical (unpaired) electrons. The van der Waals surface area contributed by atoms with Crippen molar-refractivity contribution >= 4 is 44.8 Å². The van der Waals surface area contributed by atoms with E-state index in [1.165, 1.54) is 11.3 Å². The molecule has 0 aliphatic heterocycles. The molecule has 102 valence electrons. The third-order valence-corrected chi connectivity index (χ3v) is 4.52. The highest BCUT2D eigenvalue weighted by molar-refractivity contribution is 7.23. The first-order chi connectivity index (χ1) is 9.60. The van der Waals surface area contributed by atoms with Crippen LogP contribution in [-0.2, 0) is 0 Å². The van der Waals surface area contributed by atoms with Gasteiger partial charge in [0.1, 0.15) is 25.9 Å². The lowest BCUT2D eigenvalue weighted by atomic mass is 10.1. The number of aromatic nitrogens is 2. The van der Waals surface area contributed by atoms with Crippen LogP contribution in [0.25, 0.3) is 21.3 Å². The molecule has 0 unspecified atom stereocenters. The summed E-state index contributed by atoms with van der Waals surface area (Å²) in [6.07, 6.45) is 0. The highest BCUT2D eigenvalue weighted by atomic mass is 35.5. The summed E-state index contributed by atoms with van der Waals surface area (Å²) >= 11 is 14.0. The molecule has 3 nitrogen and oxygen atoms in total. The molecule has 0 aliphatic rings. The number of rotatable bonds is 2. The minimum absolute atomic E-state index is 0.432. The van der Waals surface area contributed by atoms with Crippen molar-refractivity contribution in [2.45, 2.75) is 6.92 Å². The molecule has 3 rings (SSSR count). The van der Waals surface area contributed by atoms with Gasteiger partial charge in [0, 0.05) is 5.56 Å². The Labute approximate surface area is 130 Å². The van der Waals surface area contributed by atoms with Gasteiger partial charge in [0.2, 0.25) is 0 Å². The lowest BCUT2D eigenvalue weighted by Crippen LogP contribution is -1.88. The monoisotopic (exact) mass is 324 g/mol. The second kappa shape index (κ2) is 5.20. The number of hydrogen-bond acceptors (Lipinski definition) is 4. The molecule has 0 amide bonds. The fourth-order valence-corrected chi connectivity index (χ4v) is 3.80. The van der Waals surface area contributed by atoms with Crippen LogP contribution in [0.3, 0.4) is 0 Å². The molecule has 0 aliphatic carbocycles. The van der Waals surface area contributed by atoms with E-state index in [4.69, 9.17) is 27.9 Å². The maximum absolute atomic E-state index is 6.36. The molecule has 20 heavy (non-hydrogen) atoms. The lowest BCUT2D eigenvalue weighted by Gasteiger charge is -2.04. The summed E-state index contributed by atoms with van der Waals surface area (Å²) in [5, 5.41) is 1.24. The van der Waals surface area contributed by atoms with Crippen molar-refractivity contribution in [1.29, 1.82) is 0 Å². The maximum Gasteiger partial charge on any atom is 0.142 e. The molecule has 0 saturated heterocycles. The van der Waals surface area contributed by atoms with Crippen LogP contribution in [0.5, 0.6) is 5.75 Å². The Hall–Kier alpha value is -1.36. The van der Waals surface area contributed by atoms with E-state index >= 15 is 0 Å². The van der Waals surface area contributed by atoms with Crippen molar-refractivity contribution in [3.63, 3.8) is 0 Å². The second-order valence-corrected chi connectivity index (χ2v) is 6.18. The Morgan fingerprint density at radius 2 is 1.80 bits per heavy atom. The van der Waals surface area contributed by atoms with Crippen LogP contribution < -0.4 is 4.74 Å². The number of halogens is 2. The Balaban J connectivity index is 2.26. The average molecular weight is 325 g/mol. The summed E-state index contributed by atoms with van der Waals surface area (Å²) in [6.45, 7) is 1.81. The molecular weight excluding hydrogens is 315 g/mol. The molecule has 6 heteroatoms. The van der Waals surface area contributed by atoms with Crippen LogP contribution in [0.1, 0.15) is 5.82 Å². The van der Waals surface area contributed by atoms with E-state index < -0.39 is 0 Å². The molecule has 2 aromatic heterocycles. The zero-order valence-corrected chi connectivity index (χ0v) is 13.1. The summed E-state index contributed by atoms with van der Waals surface area (Å²) < 4.78 is 5.82. The van der Waals surface area contributed by atoms with Crippen molar-refractivity contribution in [3.8, 4) is 16.9 Å². The van der Waals surface area contributed by atoms with Crippen LogP contribution in [0, 0.1) is 6.92 Å². The first-order valence-electron chi connectivity index (χ1n) is 5.86. The first kappa shape index (κ1) is 13.6. The summed E-state index contributed by atoms with van der Waals surface area (Å²) in [5.74, 6) is 1.43. The highest BCUT2D eigenvalue weighted by Crippen LogP contribution is 2.43. The SMILES string of the molecule is COc1ccc(-c2c(Cl)sc3nc(C)nc(Cl)c23)cc1. The van der Waals surface area contributed by atoms with Crippen LogP contribution >= 0.6 is 34.5 Å². The molecule has 0 N–H and O–H groups in total. The number of benzene rings is 1. The van der Waals surface area contributed by atoms with Crippen molar-refractivity contribution in [2.75, 3.05) is 7.11 Å². The van der Waals surface area contributed by atoms with E-state index in [1.807, 2.05) is 31.2 Å². The van der Waals surface area contributed by atoms with Gasteiger partial charge in [-0.3, -0.25) is 0 Å². The van der Waals surface area contributed by atoms with E-state index in [0.29, 0.717) is 15.3 Å². The van der Waals surface area contributed by atoms with Crippen LogP contribution in [0.15, 0.2) is 24.3 Å². The zero-order valence-electron chi connectivity index (χ0n) is 10.8. The average Bonchev–Trinajstić information content (AvgIpc) is 2.75. The van der Waals surface area contributed by atoms with Gasteiger partial charge in [0.25, 0.3) is 0 Å². The Kier molecular flexibility index (Phi) is 3.54. The number of hydrogen-bond donors (Lipinski definition) is 0. The summed E-state index contributed by atoms with van der Waals surface area (Å²) in [4.78, 5) is 9.41. The van der Waals surface area contributed by atoms with Crippen LogP contribution in [-0.4, -0.2) is 17.1 Å². The molecule has 1 aromatic carbocycles. The standard InChI is InChI=1S/C14H10Cl2N2OS/c1-7-17-12(15)11-10(13(16)20-14(11)18-7)8-3-5-9(19-2)6-4-8/h3-6H,1-2H3. The molecule has 0 saturated carbocycles. The van der Waals surface area contributed by atoms with E-state index in [9.17, 15) is 0 Å². The molecule has 0 bridgehead atoms. The predicted octanol–water partition coefficient (Wildman–Crippen LogP) is 4.98. The third kappa shape index (κ3) is 2.24. The van der Waals surface area contributed by atoms with Crippen molar-refractivity contribution < 1.29 is 4.74 Å². The molecule has 3 aromatic rings. The van der Waals surface area contributed by atoms with Gasteiger partial charge in [-0.2, -0.15) is 0 Å². The quantitative estimate of drug-likeness (QED) is 0.623. The predicted molar refractivity (Wildman–Crippen MR) is 84.2 cm³/mol. The van der Waals surface area contributed by atoms with E-state index in [0.717, 1.165) is 27.1 Å². The molecule has 0 fully saturated rings. The van der Waals surface area contributed by atoms with Crippen molar-refractivity contribution in [1.82, 2.24) is 9.97 Å². The Morgan fingerprint density at radius 1 is 1.10 bits per heavy atom. The van der Waals surface area contributed by atoms with Gasteiger partial charge < -0.3 is 4.74 Å². The van der Waals surface area contributed by atoms with E-state index in [1.54, 1.807) is 7.11 Å². The number of thiophene rings is 1. The number of nitrogens with zero attached hydrogens (tertiary/aromatic N) is 2. The molecular formula is C14H10Cl2N2OS.